The van der Waals surface area contributed by atoms with Crippen LogP contribution in [0.1, 0.15) is 20.3 Å². The molecule has 1 aliphatic rings. The Morgan fingerprint density at radius 1 is 1.53 bits per heavy atom. The largest absolute Gasteiger partial charge is 0.389 e. The van der Waals surface area contributed by atoms with E-state index in [1.165, 1.54) is 0 Å². The normalized spacial score (nSPS) is 28.6. The second kappa shape index (κ2) is 7.26. The van der Waals surface area contributed by atoms with Gasteiger partial charge in [-0.2, -0.15) is 0 Å². The van der Waals surface area contributed by atoms with Gasteiger partial charge >= 0.3 is 0 Å². The first-order valence-electron chi connectivity index (χ1n) is 6.32. The van der Waals surface area contributed by atoms with Crippen molar-refractivity contribution in [3.63, 3.8) is 0 Å². The topological polar surface area (TPSA) is 44.7 Å². The number of piperidine rings is 1. The predicted molar refractivity (Wildman–Crippen MR) is 65.9 cm³/mol. The van der Waals surface area contributed by atoms with Gasteiger partial charge in [0.25, 0.3) is 0 Å². The van der Waals surface area contributed by atoms with Gasteiger partial charge in [0.1, 0.15) is 6.17 Å². The van der Waals surface area contributed by atoms with Gasteiger partial charge in [0, 0.05) is 32.3 Å². The van der Waals surface area contributed by atoms with Gasteiger partial charge in [0.15, 0.2) is 0 Å². The van der Waals surface area contributed by atoms with Gasteiger partial charge in [-0.05, 0) is 13.0 Å². The van der Waals surface area contributed by atoms with Crippen LogP contribution in [0.15, 0.2) is 0 Å². The van der Waals surface area contributed by atoms with E-state index in [1.54, 1.807) is 7.11 Å². The van der Waals surface area contributed by atoms with E-state index >= 15 is 0 Å². The molecule has 0 aromatic carbocycles. The van der Waals surface area contributed by atoms with E-state index in [2.05, 4.69) is 5.32 Å². The lowest BCUT2D eigenvalue weighted by Gasteiger charge is -2.36. The summed E-state index contributed by atoms with van der Waals surface area (Å²) in [5, 5.41) is 12.8. The first-order chi connectivity index (χ1) is 8.02. The number of likely N-dealkylation sites (tertiary alicyclic amines) is 1. The minimum Gasteiger partial charge on any atom is -0.389 e. The van der Waals surface area contributed by atoms with Crippen molar-refractivity contribution in [3.8, 4) is 0 Å². The molecule has 5 heteroatoms. The second-order valence-corrected chi connectivity index (χ2v) is 5.10. The van der Waals surface area contributed by atoms with Crippen LogP contribution in [0.3, 0.4) is 0 Å². The summed E-state index contributed by atoms with van der Waals surface area (Å²) in [6, 6.07) is 0.259. The SMILES string of the molecule is COCC(O)CN1CC[C@H](NC(C)C)[C@H](F)C1. The molecule has 0 aliphatic carbocycles. The molecule has 0 amide bonds. The highest BCUT2D eigenvalue weighted by molar-refractivity contribution is 4.86. The van der Waals surface area contributed by atoms with Crippen LogP contribution in [0.25, 0.3) is 0 Å². The average Bonchev–Trinajstić information content (AvgIpc) is 2.22. The summed E-state index contributed by atoms with van der Waals surface area (Å²) in [5.74, 6) is 0. The van der Waals surface area contributed by atoms with Gasteiger partial charge in [-0.25, -0.2) is 4.39 Å². The van der Waals surface area contributed by atoms with Crippen LogP contribution in [0.5, 0.6) is 0 Å². The van der Waals surface area contributed by atoms with E-state index in [4.69, 9.17) is 4.74 Å². The first-order valence-corrected chi connectivity index (χ1v) is 6.32. The number of β-amino-alcohol motifs (C(OH)–C–C–N with tert-alkyl or cyclic N) is 1. The number of nitrogens with one attached hydrogen (secondary N) is 1. The van der Waals surface area contributed by atoms with Crippen LogP contribution in [0, 0.1) is 0 Å². The van der Waals surface area contributed by atoms with Crippen molar-refractivity contribution in [1.29, 1.82) is 0 Å². The molecular formula is C12H25FN2O2. The number of hydrogen-bond acceptors (Lipinski definition) is 4. The number of halogens is 1. The molecule has 2 N–H and O–H groups in total. The maximum absolute atomic E-state index is 13.9. The predicted octanol–water partition coefficient (Wildman–Crippen LogP) is 0.404. The third kappa shape index (κ3) is 5.29. The molecule has 1 aliphatic heterocycles. The molecular weight excluding hydrogens is 223 g/mol. The van der Waals surface area contributed by atoms with Gasteiger partial charge < -0.3 is 15.2 Å². The summed E-state index contributed by atoms with van der Waals surface area (Å²) in [7, 11) is 1.56. The number of methoxy groups -OCH3 is 1. The summed E-state index contributed by atoms with van der Waals surface area (Å²) in [5.41, 5.74) is 0. The van der Waals surface area contributed by atoms with E-state index in [1.807, 2.05) is 18.7 Å². The van der Waals surface area contributed by atoms with Crippen LogP contribution in [-0.2, 0) is 4.74 Å². The second-order valence-electron chi connectivity index (χ2n) is 5.10. The number of rotatable bonds is 6. The highest BCUT2D eigenvalue weighted by Crippen LogP contribution is 2.15. The number of hydrogen-bond donors (Lipinski definition) is 2. The molecule has 3 atom stereocenters. The standard InChI is InChI=1S/C12H25FN2O2/c1-9(2)14-12-4-5-15(7-11(12)13)6-10(16)8-17-3/h9-12,14,16H,4-8H2,1-3H3/t10?,11-,12+/m1/s1. The maximum atomic E-state index is 13.9. The molecule has 1 unspecified atom stereocenters. The summed E-state index contributed by atoms with van der Waals surface area (Å²) in [6.45, 7) is 6.07. The van der Waals surface area contributed by atoms with Gasteiger partial charge in [-0.1, -0.05) is 13.8 Å². The zero-order chi connectivity index (χ0) is 12.8. The highest BCUT2D eigenvalue weighted by atomic mass is 19.1. The van der Waals surface area contributed by atoms with Crippen LogP contribution < -0.4 is 5.32 Å². The van der Waals surface area contributed by atoms with Crippen molar-refractivity contribution in [3.05, 3.63) is 0 Å². The molecule has 0 saturated carbocycles. The van der Waals surface area contributed by atoms with Gasteiger partial charge in [-0.3, -0.25) is 4.90 Å². The lowest BCUT2D eigenvalue weighted by atomic mass is 10.0. The van der Waals surface area contributed by atoms with Gasteiger partial charge in [-0.15, -0.1) is 0 Å². The molecule has 1 heterocycles. The lowest BCUT2D eigenvalue weighted by Crippen LogP contribution is -2.53. The molecule has 102 valence electrons. The fourth-order valence-corrected chi connectivity index (χ4v) is 2.29. The van der Waals surface area contributed by atoms with Crippen LogP contribution in [0.4, 0.5) is 4.39 Å². The third-order valence-electron chi connectivity index (χ3n) is 3.00. The lowest BCUT2D eigenvalue weighted by molar-refractivity contribution is 0.0165. The molecule has 0 aromatic rings. The van der Waals surface area contributed by atoms with Crippen molar-refractivity contribution in [2.45, 2.75) is 44.6 Å². The summed E-state index contributed by atoms with van der Waals surface area (Å²) in [4.78, 5) is 1.97. The van der Waals surface area contributed by atoms with Crippen LogP contribution >= 0.6 is 0 Å². The summed E-state index contributed by atoms with van der Waals surface area (Å²) in [6.07, 6.45) is -0.596. The molecule has 1 saturated heterocycles. The van der Waals surface area contributed by atoms with E-state index in [9.17, 15) is 9.50 Å². The Hall–Kier alpha value is -0.230. The number of aliphatic hydroxyl groups excluding tert-OH is 1. The first kappa shape index (κ1) is 14.8. The fourth-order valence-electron chi connectivity index (χ4n) is 2.29. The zero-order valence-electron chi connectivity index (χ0n) is 11.0. The smallest absolute Gasteiger partial charge is 0.128 e. The minimum atomic E-state index is -0.860. The maximum Gasteiger partial charge on any atom is 0.128 e. The Morgan fingerprint density at radius 2 is 2.24 bits per heavy atom. The summed E-state index contributed by atoms with van der Waals surface area (Å²) >= 11 is 0. The van der Waals surface area contributed by atoms with E-state index in [0.717, 1.165) is 13.0 Å². The van der Waals surface area contributed by atoms with Crippen molar-refractivity contribution in [1.82, 2.24) is 10.2 Å². The quantitative estimate of drug-likeness (QED) is 0.714. The number of alkyl halides is 1. The van der Waals surface area contributed by atoms with Crippen molar-refractivity contribution in [2.75, 3.05) is 33.4 Å². The third-order valence-corrected chi connectivity index (χ3v) is 3.00. The number of ether oxygens (including phenoxy) is 1. The molecule has 0 aromatic heterocycles. The Morgan fingerprint density at radius 3 is 2.76 bits per heavy atom. The Balaban J connectivity index is 2.31. The Labute approximate surface area is 103 Å². The molecule has 1 rings (SSSR count). The Bertz CT molecular complexity index is 217. The van der Waals surface area contributed by atoms with Crippen molar-refractivity contribution in [2.24, 2.45) is 0 Å². The van der Waals surface area contributed by atoms with Gasteiger partial charge in [0.2, 0.25) is 0 Å². The van der Waals surface area contributed by atoms with Crippen molar-refractivity contribution < 1.29 is 14.2 Å². The zero-order valence-corrected chi connectivity index (χ0v) is 11.0. The number of nitrogens with zero attached hydrogens (tertiary/aromatic N) is 1. The van der Waals surface area contributed by atoms with Crippen molar-refractivity contribution >= 4 is 0 Å². The van der Waals surface area contributed by atoms with E-state index in [0.29, 0.717) is 25.7 Å². The monoisotopic (exact) mass is 248 g/mol. The average molecular weight is 248 g/mol. The minimum absolute atomic E-state index is 0.0502. The van der Waals surface area contributed by atoms with Crippen LogP contribution in [0.2, 0.25) is 0 Å². The molecule has 17 heavy (non-hydrogen) atoms. The highest BCUT2D eigenvalue weighted by Gasteiger charge is 2.29. The molecule has 1 fully saturated rings. The van der Waals surface area contributed by atoms with Crippen LogP contribution in [-0.4, -0.2) is 67.7 Å². The van der Waals surface area contributed by atoms with E-state index in [-0.39, 0.29) is 6.04 Å². The fraction of sp³-hybridized carbons (Fsp3) is 1.00. The molecule has 0 spiro atoms. The Kier molecular flexibility index (Phi) is 6.33. The summed E-state index contributed by atoms with van der Waals surface area (Å²) < 4.78 is 18.7. The van der Waals surface area contributed by atoms with Gasteiger partial charge in [0.05, 0.1) is 12.7 Å². The number of aliphatic hydroxyl groups is 1. The molecule has 0 bridgehead atoms. The van der Waals surface area contributed by atoms with E-state index < -0.39 is 12.3 Å². The molecule has 0 radical (unpaired) electrons. The molecule has 4 nitrogen and oxygen atoms in total.